The fourth-order valence-electron chi connectivity index (χ4n) is 2.86. The van der Waals surface area contributed by atoms with Crippen LogP contribution in [0.3, 0.4) is 0 Å². The van der Waals surface area contributed by atoms with Gasteiger partial charge < -0.3 is 14.8 Å². The minimum atomic E-state index is 0.165. The molecule has 0 bridgehead atoms. The van der Waals surface area contributed by atoms with Crippen LogP contribution in [0.5, 0.6) is 11.5 Å². The van der Waals surface area contributed by atoms with Gasteiger partial charge in [0.1, 0.15) is 5.01 Å². The normalized spacial score (nSPS) is 12.2. The fourth-order valence-corrected chi connectivity index (χ4v) is 4.54. The van der Waals surface area contributed by atoms with E-state index >= 15 is 0 Å². The van der Waals surface area contributed by atoms with E-state index in [2.05, 4.69) is 42.1 Å². The van der Waals surface area contributed by atoms with E-state index in [1.165, 1.54) is 10.4 Å². The maximum Gasteiger partial charge on any atom is 0.165 e. The van der Waals surface area contributed by atoms with Crippen molar-refractivity contribution in [1.29, 1.82) is 0 Å². The number of benzene rings is 1. The van der Waals surface area contributed by atoms with Gasteiger partial charge in [0.25, 0.3) is 0 Å². The number of thiazole rings is 1. The first-order valence-electron chi connectivity index (χ1n) is 8.50. The molecule has 0 aliphatic rings. The molecule has 3 aromatic rings. The predicted molar refractivity (Wildman–Crippen MR) is 109 cm³/mol. The van der Waals surface area contributed by atoms with Crippen LogP contribution in [0.2, 0.25) is 0 Å². The van der Waals surface area contributed by atoms with E-state index in [-0.39, 0.29) is 6.04 Å². The van der Waals surface area contributed by atoms with Crippen molar-refractivity contribution in [3.8, 4) is 11.5 Å². The van der Waals surface area contributed by atoms with Crippen LogP contribution in [-0.4, -0.2) is 19.2 Å². The van der Waals surface area contributed by atoms with E-state index in [0.29, 0.717) is 6.54 Å². The summed E-state index contributed by atoms with van der Waals surface area (Å²) in [6, 6.07) is 8.31. The number of thiophene rings is 1. The van der Waals surface area contributed by atoms with Crippen molar-refractivity contribution in [1.82, 2.24) is 10.3 Å². The van der Waals surface area contributed by atoms with Crippen molar-refractivity contribution in [2.24, 2.45) is 0 Å². The Balaban J connectivity index is 1.82. The molecular weight excluding hydrogens is 364 g/mol. The molecule has 0 saturated heterocycles. The molecule has 0 saturated carbocycles. The summed E-state index contributed by atoms with van der Waals surface area (Å²) in [6.07, 6.45) is 0.919. The summed E-state index contributed by atoms with van der Waals surface area (Å²) >= 11 is 3.50. The monoisotopic (exact) mass is 388 g/mol. The van der Waals surface area contributed by atoms with Crippen molar-refractivity contribution in [3.63, 3.8) is 0 Å². The van der Waals surface area contributed by atoms with E-state index in [1.807, 2.05) is 12.1 Å². The number of ether oxygens (including phenoxy) is 2. The SMILES string of the molecule is COc1cccc(CN[C@@H](Cc2ccsc2)c2nc(C)c(C)s2)c1OC. The van der Waals surface area contributed by atoms with E-state index in [0.717, 1.165) is 34.2 Å². The number of methoxy groups -OCH3 is 2. The number of nitrogens with one attached hydrogen (secondary N) is 1. The van der Waals surface area contributed by atoms with Crippen LogP contribution in [0.1, 0.15) is 32.7 Å². The summed E-state index contributed by atoms with van der Waals surface area (Å²) < 4.78 is 11.0. The molecule has 0 fully saturated rings. The van der Waals surface area contributed by atoms with Crippen LogP contribution >= 0.6 is 22.7 Å². The third-order valence-electron chi connectivity index (χ3n) is 4.39. The van der Waals surface area contributed by atoms with E-state index < -0.39 is 0 Å². The van der Waals surface area contributed by atoms with Crippen LogP contribution in [0.4, 0.5) is 0 Å². The lowest BCUT2D eigenvalue weighted by atomic mass is 10.1. The Hall–Kier alpha value is -1.89. The summed E-state index contributed by atoms with van der Waals surface area (Å²) in [5, 5.41) is 9.13. The molecule has 2 heterocycles. The Morgan fingerprint density at radius 2 is 2.00 bits per heavy atom. The standard InChI is InChI=1S/C20H24N2O2S2/c1-13-14(2)26-20(22-13)17(10-15-8-9-25-12-15)21-11-16-6-5-7-18(23-3)19(16)24-4/h5-9,12,17,21H,10-11H2,1-4H3/t17-/m0/s1. The van der Waals surface area contributed by atoms with Crippen molar-refractivity contribution in [2.75, 3.05) is 14.2 Å². The van der Waals surface area contributed by atoms with Gasteiger partial charge in [0.15, 0.2) is 11.5 Å². The number of para-hydroxylation sites is 1. The second-order valence-electron chi connectivity index (χ2n) is 6.12. The highest BCUT2D eigenvalue weighted by Crippen LogP contribution is 2.32. The average molecular weight is 389 g/mol. The lowest BCUT2D eigenvalue weighted by Gasteiger charge is -2.18. The highest BCUT2D eigenvalue weighted by Gasteiger charge is 2.19. The zero-order valence-electron chi connectivity index (χ0n) is 15.5. The van der Waals surface area contributed by atoms with Crippen LogP contribution in [0.25, 0.3) is 0 Å². The molecular formula is C20H24N2O2S2. The molecule has 1 atom stereocenters. The van der Waals surface area contributed by atoms with Crippen LogP contribution < -0.4 is 14.8 Å². The number of rotatable bonds is 8. The highest BCUT2D eigenvalue weighted by molar-refractivity contribution is 7.11. The smallest absolute Gasteiger partial charge is 0.165 e. The van der Waals surface area contributed by atoms with Crippen LogP contribution in [0.15, 0.2) is 35.0 Å². The molecule has 3 rings (SSSR count). The number of aryl methyl sites for hydroxylation is 2. The van der Waals surface area contributed by atoms with Crippen molar-refractivity contribution >= 4 is 22.7 Å². The largest absolute Gasteiger partial charge is 0.493 e. The second kappa shape index (κ2) is 8.66. The van der Waals surface area contributed by atoms with E-state index in [4.69, 9.17) is 14.5 Å². The van der Waals surface area contributed by atoms with Crippen LogP contribution in [-0.2, 0) is 13.0 Å². The maximum absolute atomic E-state index is 5.56. The van der Waals surface area contributed by atoms with E-state index in [1.54, 1.807) is 36.9 Å². The summed E-state index contributed by atoms with van der Waals surface area (Å²) in [5.41, 5.74) is 3.52. The Morgan fingerprint density at radius 3 is 2.62 bits per heavy atom. The average Bonchev–Trinajstić information content (AvgIpc) is 3.28. The number of nitrogens with zero attached hydrogens (tertiary/aromatic N) is 1. The van der Waals surface area contributed by atoms with Gasteiger partial charge >= 0.3 is 0 Å². The van der Waals surface area contributed by atoms with Gasteiger partial charge in [-0.2, -0.15) is 11.3 Å². The molecule has 4 nitrogen and oxygen atoms in total. The molecule has 0 radical (unpaired) electrons. The van der Waals surface area contributed by atoms with Gasteiger partial charge in [0, 0.05) is 17.0 Å². The lowest BCUT2D eigenvalue weighted by molar-refractivity contribution is 0.349. The fraction of sp³-hybridized carbons (Fsp3) is 0.350. The quantitative estimate of drug-likeness (QED) is 0.595. The third-order valence-corrected chi connectivity index (χ3v) is 6.31. The molecule has 0 aliphatic heterocycles. The van der Waals surface area contributed by atoms with Crippen molar-refractivity contribution < 1.29 is 9.47 Å². The minimum Gasteiger partial charge on any atom is -0.493 e. The summed E-state index contributed by atoms with van der Waals surface area (Å²) in [4.78, 5) is 6.06. The lowest BCUT2D eigenvalue weighted by Crippen LogP contribution is -2.23. The molecule has 2 aromatic heterocycles. The number of hydrogen-bond donors (Lipinski definition) is 1. The van der Waals surface area contributed by atoms with Gasteiger partial charge in [-0.05, 0) is 48.7 Å². The molecule has 1 aromatic carbocycles. The maximum atomic E-state index is 5.56. The molecule has 0 spiro atoms. The molecule has 0 unspecified atom stereocenters. The molecule has 1 N–H and O–H groups in total. The summed E-state index contributed by atoms with van der Waals surface area (Å²) in [6.45, 7) is 4.89. The topological polar surface area (TPSA) is 43.4 Å². The van der Waals surface area contributed by atoms with Gasteiger partial charge in [-0.25, -0.2) is 4.98 Å². The van der Waals surface area contributed by atoms with E-state index in [9.17, 15) is 0 Å². The zero-order chi connectivity index (χ0) is 18.5. The Bertz CT molecular complexity index is 824. The number of aromatic nitrogens is 1. The second-order valence-corrected chi connectivity index (χ2v) is 8.13. The predicted octanol–water partition coefficient (Wildman–Crippen LogP) is 4.91. The number of hydrogen-bond acceptors (Lipinski definition) is 6. The Labute approximate surface area is 162 Å². The Kier molecular flexibility index (Phi) is 6.29. The van der Waals surface area contributed by atoms with Gasteiger partial charge in [0.05, 0.1) is 26.0 Å². The first-order valence-corrected chi connectivity index (χ1v) is 10.3. The molecule has 138 valence electrons. The van der Waals surface area contributed by atoms with Gasteiger partial charge in [-0.3, -0.25) is 0 Å². The molecule has 26 heavy (non-hydrogen) atoms. The molecule has 0 amide bonds. The van der Waals surface area contributed by atoms with Gasteiger partial charge in [0.2, 0.25) is 0 Å². The van der Waals surface area contributed by atoms with Crippen LogP contribution in [0, 0.1) is 13.8 Å². The third kappa shape index (κ3) is 4.26. The Morgan fingerprint density at radius 1 is 1.15 bits per heavy atom. The minimum absolute atomic E-state index is 0.165. The summed E-state index contributed by atoms with van der Waals surface area (Å²) in [5.74, 6) is 1.53. The van der Waals surface area contributed by atoms with Crippen molar-refractivity contribution in [3.05, 3.63) is 61.7 Å². The molecule has 6 heteroatoms. The van der Waals surface area contributed by atoms with Crippen molar-refractivity contribution in [2.45, 2.75) is 32.9 Å². The molecule has 0 aliphatic carbocycles. The van der Waals surface area contributed by atoms with Gasteiger partial charge in [-0.1, -0.05) is 12.1 Å². The van der Waals surface area contributed by atoms with Gasteiger partial charge in [-0.15, -0.1) is 11.3 Å². The zero-order valence-corrected chi connectivity index (χ0v) is 17.2. The first kappa shape index (κ1) is 18.9. The summed E-state index contributed by atoms with van der Waals surface area (Å²) in [7, 11) is 3.34. The highest BCUT2D eigenvalue weighted by atomic mass is 32.1. The first-order chi connectivity index (χ1) is 12.6.